The maximum atomic E-state index is 12.0. The number of hydrogen-bond donors (Lipinski definition) is 1. The second-order valence-electron chi connectivity index (χ2n) is 4.10. The number of rotatable bonds is 3. The minimum Gasteiger partial charge on any atom is -0.347 e. The van der Waals surface area contributed by atoms with Crippen molar-refractivity contribution in [3.8, 4) is 0 Å². The first kappa shape index (κ1) is 13.3. The topological polar surface area (TPSA) is 58.1 Å². The number of hydrogen-bond acceptors (Lipinski definition) is 4. The molecule has 1 aromatic carbocycles. The maximum absolute atomic E-state index is 12.0. The van der Waals surface area contributed by atoms with Crippen LogP contribution < -0.4 is 10.2 Å². The van der Waals surface area contributed by atoms with E-state index in [4.69, 9.17) is 11.6 Å². The van der Waals surface area contributed by atoms with Crippen LogP contribution >= 0.6 is 11.6 Å². The summed E-state index contributed by atoms with van der Waals surface area (Å²) in [6.07, 6.45) is 3.11. The van der Waals surface area contributed by atoms with E-state index in [0.29, 0.717) is 22.2 Å². The molecule has 0 radical (unpaired) electrons. The molecule has 5 nitrogen and oxygen atoms in total. The Labute approximate surface area is 116 Å². The first-order valence-electron chi connectivity index (χ1n) is 5.63. The molecule has 98 valence electrons. The lowest BCUT2D eigenvalue weighted by Gasteiger charge is -2.10. The van der Waals surface area contributed by atoms with E-state index in [1.807, 2.05) is 14.1 Å². The van der Waals surface area contributed by atoms with Crippen LogP contribution in [0.2, 0.25) is 5.02 Å². The van der Waals surface area contributed by atoms with Gasteiger partial charge in [-0.1, -0.05) is 23.7 Å². The number of nitrogens with zero attached hydrogens (tertiary/aromatic N) is 3. The molecular formula is C13H13ClN4O. The molecule has 0 aliphatic rings. The summed E-state index contributed by atoms with van der Waals surface area (Å²) >= 11 is 5.95. The van der Waals surface area contributed by atoms with Gasteiger partial charge in [-0.3, -0.25) is 4.79 Å². The Bertz CT molecular complexity index is 583. The standard InChI is InChI=1S/C13H13ClN4O/c1-18(2)13-15-7-9(8-16-13)17-12(19)10-5-3-4-6-11(10)14/h3-8H,1-2H3,(H,17,19). The number of anilines is 2. The number of benzene rings is 1. The third-order valence-corrected chi connectivity index (χ3v) is 2.74. The molecule has 2 rings (SSSR count). The molecule has 0 unspecified atom stereocenters. The smallest absolute Gasteiger partial charge is 0.257 e. The van der Waals surface area contributed by atoms with Gasteiger partial charge in [0.2, 0.25) is 5.95 Å². The summed E-state index contributed by atoms with van der Waals surface area (Å²) < 4.78 is 0. The van der Waals surface area contributed by atoms with Crippen LogP contribution in [0.3, 0.4) is 0 Å². The first-order valence-corrected chi connectivity index (χ1v) is 6.01. The molecule has 1 aromatic heterocycles. The molecule has 1 heterocycles. The highest BCUT2D eigenvalue weighted by Gasteiger charge is 2.10. The largest absolute Gasteiger partial charge is 0.347 e. The molecule has 0 spiro atoms. The Morgan fingerprint density at radius 3 is 2.42 bits per heavy atom. The van der Waals surface area contributed by atoms with Crippen LogP contribution in [0.4, 0.5) is 11.6 Å². The average molecular weight is 277 g/mol. The van der Waals surface area contributed by atoms with Crippen LogP contribution in [0.15, 0.2) is 36.7 Å². The fourth-order valence-electron chi connectivity index (χ4n) is 1.46. The highest BCUT2D eigenvalue weighted by molar-refractivity contribution is 6.34. The van der Waals surface area contributed by atoms with Gasteiger partial charge in [0.1, 0.15) is 0 Å². The maximum Gasteiger partial charge on any atom is 0.257 e. The molecular weight excluding hydrogens is 264 g/mol. The molecule has 1 amide bonds. The van der Waals surface area contributed by atoms with Crippen molar-refractivity contribution in [3.05, 3.63) is 47.2 Å². The summed E-state index contributed by atoms with van der Waals surface area (Å²) in [7, 11) is 3.69. The second kappa shape index (κ2) is 5.67. The molecule has 19 heavy (non-hydrogen) atoms. The van der Waals surface area contributed by atoms with Crippen LogP contribution in [-0.2, 0) is 0 Å². The SMILES string of the molecule is CN(C)c1ncc(NC(=O)c2ccccc2Cl)cn1. The van der Waals surface area contributed by atoms with Gasteiger partial charge in [0.25, 0.3) is 5.91 Å². The summed E-state index contributed by atoms with van der Waals surface area (Å²) in [5.41, 5.74) is 0.941. The summed E-state index contributed by atoms with van der Waals surface area (Å²) in [4.78, 5) is 22.0. The minimum atomic E-state index is -0.285. The van der Waals surface area contributed by atoms with Crippen molar-refractivity contribution in [1.82, 2.24) is 9.97 Å². The van der Waals surface area contributed by atoms with Crippen molar-refractivity contribution < 1.29 is 4.79 Å². The molecule has 0 aliphatic heterocycles. The Kier molecular flexibility index (Phi) is 3.97. The molecule has 6 heteroatoms. The molecule has 0 saturated heterocycles. The fraction of sp³-hybridized carbons (Fsp3) is 0.154. The zero-order valence-electron chi connectivity index (χ0n) is 10.6. The van der Waals surface area contributed by atoms with Gasteiger partial charge < -0.3 is 10.2 Å². The number of carbonyl (C=O) groups is 1. The number of amides is 1. The molecule has 0 saturated carbocycles. The van der Waals surface area contributed by atoms with E-state index in [0.717, 1.165) is 0 Å². The number of nitrogens with one attached hydrogen (secondary N) is 1. The van der Waals surface area contributed by atoms with Gasteiger partial charge in [0.05, 0.1) is 28.7 Å². The molecule has 0 aliphatic carbocycles. The third kappa shape index (κ3) is 3.20. The van der Waals surface area contributed by atoms with Gasteiger partial charge in [-0.05, 0) is 12.1 Å². The van der Waals surface area contributed by atoms with Gasteiger partial charge in [-0.2, -0.15) is 0 Å². The van der Waals surface area contributed by atoms with Gasteiger partial charge in [0, 0.05) is 14.1 Å². The van der Waals surface area contributed by atoms with Crippen molar-refractivity contribution in [2.45, 2.75) is 0 Å². The van der Waals surface area contributed by atoms with Gasteiger partial charge in [0.15, 0.2) is 0 Å². The molecule has 0 atom stereocenters. The lowest BCUT2D eigenvalue weighted by Crippen LogP contribution is -2.15. The van der Waals surface area contributed by atoms with E-state index >= 15 is 0 Å². The van der Waals surface area contributed by atoms with Crippen LogP contribution in [0, 0.1) is 0 Å². The molecule has 0 bridgehead atoms. The van der Waals surface area contributed by atoms with E-state index in [1.165, 1.54) is 0 Å². The lowest BCUT2D eigenvalue weighted by atomic mass is 10.2. The zero-order chi connectivity index (χ0) is 13.8. The summed E-state index contributed by atoms with van der Waals surface area (Å²) in [5, 5.41) is 3.11. The van der Waals surface area contributed by atoms with E-state index in [9.17, 15) is 4.79 Å². The number of aromatic nitrogens is 2. The van der Waals surface area contributed by atoms with Crippen LogP contribution in [-0.4, -0.2) is 30.0 Å². The Balaban J connectivity index is 2.13. The molecule has 2 aromatic rings. The highest BCUT2D eigenvalue weighted by atomic mass is 35.5. The monoisotopic (exact) mass is 276 g/mol. The van der Waals surface area contributed by atoms with Gasteiger partial charge in [-0.25, -0.2) is 9.97 Å². The quantitative estimate of drug-likeness (QED) is 0.935. The fourth-order valence-corrected chi connectivity index (χ4v) is 1.68. The predicted octanol–water partition coefficient (Wildman–Crippen LogP) is 2.45. The second-order valence-corrected chi connectivity index (χ2v) is 4.51. The first-order chi connectivity index (χ1) is 9.08. The molecule has 1 N–H and O–H groups in total. The normalized spacial score (nSPS) is 10.1. The highest BCUT2D eigenvalue weighted by Crippen LogP contribution is 2.17. The van der Waals surface area contributed by atoms with Crippen molar-refractivity contribution >= 4 is 29.1 Å². The number of carbonyl (C=O) groups excluding carboxylic acids is 1. The van der Waals surface area contributed by atoms with E-state index < -0.39 is 0 Å². The average Bonchev–Trinajstić information content (AvgIpc) is 2.39. The summed E-state index contributed by atoms with van der Waals surface area (Å²) in [6.45, 7) is 0. The summed E-state index contributed by atoms with van der Waals surface area (Å²) in [5.74, 6) is 0.294. The van der Waals surface area contributed by atoms with Crippen LogP contribution in [0.1, 0.15) is 10.4 Å². The Morgan fingerprint density at radius 2 is 1.84 bits per heavy atom. The number of halogens is 1. The Hall–Kier alpha value is -2.14. The lowest BCUT2D eigenvalue weighted by molar-refractivity contribution is 0.102. The van der Waals surface area contributed by atoms with Crippen molar-refractivity contribution in [3.63, 3.8) is 0 Å². The minimum absolute atomic E-state index is 0.285. The van der Waals surface area contributed by atoms with Crippen LogP contribution in [0.5, 0.6) is 0 Å². The summed E-state index contributed by atoms with van der Waals surface area (Å²) in [6, 6.07) is 6.86. The van der Waals surface area contributed by atoms with Crippen molar-refractivity contribution in [1.29, 1.82) is 0 Å². The third-order valence-electron chi connectivity index (χ3n) is 2.41. The van der Waals surface area contributed by atoms with Crippen molar-refractivity contribution in [2.24, 2.45) is 0 Å². The van der Waals surface area contributed by atoms with E-state index in [2.05, 4.69) is 15.3 Å². The van der Waals surface area contributed by atoms with E-state index in [1.54, 1.807) is 41.6 Å². The van der Waals surface area contributed by atoms with Gasteiger partial charge in [-0.15, -0.1) is 0 Å². The van der Waals surface area contributed by atoms with Crippen molar-refractivity contribution in [2.75, 3.05) is 24.3 Å². The van der Waals surface area contributed by atoms with E-state index in [-0.39, 0.29) is 5.91 Å². The van der Waals surface area contributed by atoms with Gasteiger partial charge >= 0.3 is 0 Å². The predicted molar refractivity (Wildman–Crippen MR) is 75.8 cm³/mol. The molecule has 0 fully saturated rings. The Morgan fingerprint density at radius 1 is 1.21 bits per heavy atom. The zero-order valence-corrected chi connectivity index (χ0v) is 11.3. The van der Waals surface area contributed by atoms with Crippen LogP contribution in [0.25, 0.3) is 0 Å².